The van der Waals surface area contributed by atoms with Crippen LogP contribution in [-0.4, -0.2) is 25.1 Å². The highest BCUT2D eigenvalue weighted by atomic mass is 35.5. The van der Waals surface area contributed by atoms with Crippen LogP contribution in [0.25, 0.3) is 0 Å². The number of carbonyl (C=O) groups excluding carboxylic acids is 1. The molecule has 4 nitrogen and oxygen atoms in total. The van der Waals surface area contributed by atoms with Gasteiger partial charge in [0, 0.05) is 25.1 Å². The first-order valence-electron chi connectivity index (χ1n) is 7.53. The van der Waals surface area contributed by atoms with E-state index < -0.39 is 0 Å². The predicted octanol–water partition coefficient (Wildman–Crippen LogP) is 3.04. The molecular weight excluding hydrogens is 307 g/mol. The summed E-state index contributed by atoms with van der Waals surface area (Å²) in [4.78, 5) is 11.8. The SMILES string of the molecule is CCCCC(CN)NC(=O)CCCOc1cccc(F)c1.Cl. The molecule has 0 aliphatic heterocycles. The molecule has 126 valence electrons. The first kappa shape index (κ1) is 20.7. The van der Waals surface area contributed by atoms with Gasteiger partial charge in [0.25, 0.3) is 0 Å². The second-order valence-corrected chi connectivity index (χ2v) is 5.05. The lowest BCUT2D eigenvalue weighted by Crippen LogP contribution is -2.40. The number of nitrogens with two attached hydrogens (primary N) is 1. The van der Waals surface area contributed by atoms with Crippen molar-refractivity contribution < 1.29 is 13.9 Å². The number of halogens is 2. The molecule has 0 saturated heterocycles. The summed E-state index contributed by atoms with van der Waals surface area (Å²) in [6.07, 6.45) is 4.04. The summed E-state index contributed by atoms with van der Waals surface area (Å²) in [6, 6.07) is 6.04. The van der Waals surface area contributed by atoms with Gasteiger partial charge < -0.3 is 15.8 Å². The molecule has 1 aromatic carbocycles. The Hall–Kier alpha value is -1.33. The van der Waals surface area contributed by atoms with Crippen molar-refractivity contribution >= 4 is 18.3 Å². The number of hydrogen-bond acceptors (Lipinski definition) is 3. The maximum absolute atomic E-state index is 12.9. The molecule has 0 bridgehead atoms. The molecule has 0 aromatic heterocycles. The van der Waals surface area contributed by atoms with Gasteiger partial charge in [0.2, 0.25) is 5.91 Å². The lowest BCUT2D eigenvalue weighted by atomic mass is 10.1. The van der Waals surface area contributed by atoms with Crippen molar-refractivity contribution in [3.63, 3.8) is 0 Å². The monoisotopic (exact) mass is 332 g/mol. The van der Waals surface area contributed by atoms with E-state index in [1.165, 1.54) is 12.1 Å². The summed E-state index contributed by atoms with van der Waals surface area (Å²) in [6.45, 7) is 2.96. The Morgan fingerprint density at radius 3 is 2.82 bits per heavy atom. The van der Waals surface area contributed by atoms with Crippen LogP contribution in [0.15, 0.2) is 24.3 Å². The highest BCUT2D eigenvalue weighted by Gasteiger charge is 2.09. The Bertz CT molecular complexity index is 432. The van der Waals surface area contributed by atoms with Crippen LogP contribution in [0.2, 0.25) is 0 Å². The van der Waals surface area contributed by atoms with E-state index >= 15 is 0 Å². The largest absolute Gasteiger partial charge is 0.493 e. The molecule has 1 rings (SSSR count). The minimum atomic E-state index is -0.327. The van der Waals surface area contributed by atoms with Gasteiger partial charge in [-0.15, -0.1) is 12.4 Å². The topological polar surface area (TPSA) is 64.3 Å². The third-order valence-corrected chi connectivity index (χ3v) is 3.17. The van der Waals surface area contributed by atoms with Crippen molar-refractivity contribution in [2.24, 2.45) is 5.73 Å². The maximum atomic E-state index is 12.9. The van der Waals surface area contributed by atoms with Gasteiger partial charge in [0.1, 0.15) is 11.6 Å². The maximum Gasteiger partial charge on any atom is 0.220 e. The standard InChI is InChI=1S/C16H25FN2O2.ClH/c1-2-3-7-14(12-18)19-16(20)9-5-10-21-15-8-4-6-13(17)11-15;/h4,6,8,11,14H,2-3,5,7,9-10,12,18H2,1H3,(H,19,20);1H. The van der Waals surface area contributed by atoms with Crippen LogP contribution in [0.3, 0.4) is 0 Å². The molecular formula is C16H26ClFN2O2. The van der Waals surface area contributed by atoms with Gasteiger partial charge in [-0.1, -0.05) is 25.8 Å². The second kappa shape index (κ2) is 12.2. The van der Waals surface area contributed by atoms with Crippen molar-refractivity contribution in [3.8, 4) is 5.75 Å². The van der Waals surface area contributed by atoms with Gasteiger partial charge in [-0.25, -0.2) is 4.39 Å². The molecule has 0 aliphatic carbocycles. The van der Waals surface area contributed by atoms with Gasteiger partial charge in [-0.3, -0.25) is 4.79 Å². The molecule has 0 heterocycles. The van der Waals surface area contributed by atoms with E-state index in [1.54, 1.807) is 12.1 Å². The Kier molecular flexibility index (Phi) is 11.5. The van der Waals surface area contributed by atoms with Crippen molar-refractivity contribution in [2.45, 2.75) is 45.1 Å². The zero-order valence-electron chi connectivity index (χ0n) is 13.0. The van der Waals surface area contributed by atoms with E-state index in [-0.39, 0.29) is 30.2 Å². The van der Waals surface area contributed by atoms with Crippen LogP contribution < -0.4 is 15.8 Å². The zero-order valence-corrected chi connectivity index (χ0v) is 13.8. The Morgan fingerprint density at radius 2 is 2.18 bits per heavy atom. The fourth-order valence-corrected chi connectivity index (χ4v) is 1.98. The highest BCUT2D eigenvalue weighted by molar-refractivity contribution is 5.85. The van der Waals surface area contributed by atoms with Crippen LogP contribution in [0.5, 0.6) is 5.75 Å². The van der Waals surface area contributed by atoms with E-state index in [0.29, 0.717) is 31.7 Å². The van der Waals surface area contributed by atoms with Crippen LogP contribution in [-0.2, 0) is 4.79 Å². The zero-order chi connectivity index (χ0) is 15.5. The molecule has 22 heavy (non-hydrogen) atoms. The average Bonchev–Trinajstić information content (AvgIpc) is 2.48. The van der Waals surface area contributed by atoms with Gasteiger partial charge >= 0.3 is 0 Å². The molecule has 0 radical (unpaired) electrons. The normalized spacial score (nSPS) is 11.4. The van der Waals surface area contributed by atoms with Gasteiger partial charge in [0.05, 0.1) is 6.61 Å². The van der Waals surface area contributed by atoms with Gasteiger partial charge in [-0.2, -0.15) is 0 Å². The Labute approximate surface area is 138 Å². The van der Waals surface area contributed by atoms with Crippen molar-refractivity contribution in [3.05, 3.63) is 30.1 Å². The Balaban J connectivity index is 0.00000441. The molecule has 0 aliphatic rings. The average molecular weight is 333 g/mol. The lowest BCUT2D eigenvalue weighted by molar-refractivity contribution is -0.122. The number of benzene rings is 1. The smallest absolute Gasteiger partial charge is 0.220 e. The van der Waals surface area contributed by atoms with Crippen LogP contribution >= 0.6 is 12.4 Å². The second-order valence-electron chi connectivity index (χ2n) is 5.05. The first-order chi connectivity index (χ1) is 10.2. The van der Waals surface area contributed by atoms with Gasteiger partial charge in [-0.05, 0) is 25.0 Å². The molecule has 6 heteroatoms. The molecule has 0 saturated carbocycles. The summed E-state index contributed by atoms with van der Waals surface area (Å²) >= 11 is 0. The predicted molar refractivity (Wildman–Crippen MR) is 88.9 cm³/mol. The van der Waals surface area contributed by atoms with Crippen molar-refractivity contribution in [2.75, 3.05) is 13.2 Å². The minimum absolute atomic E-state index is 0. The fourth-order valence-electron chi connectivity index (χ4n) is 1.98. The molecule has 0 spiro atoms. The van der Waals surface area contributed by atoms with E-state index in [9.17, 15) is 9.18 Å². The molecule has 1 amide bonds. The molecule has 1 aromatic rings. The van der Waals surface area contributed by atoms with E-state index in [2.05, 4.69) is 12.2 Å². The number of amides is 1. The third kappa shape index (κ3) is 8.85. The highest BCUT2D eigenvalue weighted by Crippen LogP contribution is 2.12. The van der Waals surface area contributed by atoms with Crippen molar-refractivity contribution in [1.29, 1.82) is 0 Å². The fraction of sp³-hybridized carbons (Fsp3) is 0.562. The molecule has 0 fully saturated rings. The quantitative estimate of drug-likeness (QED) is 0.647. The van der Waals surface area contributed by atoms with Crippen molar-refractivity contribution in [1.82, 2.24) is 5.32 Å². The number of hydrogen-bond donors (Lipinski definition) is 2. The molecule has 1 unspecified atom stereocenters. The van der Waals surface area contributed by atoms with Gasteiger partial charge in [0.15, 0.2) is 0 Å². The molecule has 1 atom stereocenters. The molecule has 3 N–H and O–H groups in total. The number of carbonyl (C=O) groups is 1. The Morgan fingerprint density at radius 1 is 1.41 bits per heavy atom. The van der Waals surface area contributed by atoms with E-state index in [0.717, 1.165) is 19.3 Å². The van der Waals surface area contributed by atoms with Crippen LogP contribution in [0, 0.1) is 5.82 Å². The lowest BCUT2D eigenvalue weighted by Gasteiger charge is -2.16. The first-order valence-corrected chi connectivity index (χ1v) is 7.53. The van der Waals surface area contributed by atoms with E-state index in [1.807, 2.05) is 0 Å². The van der Waals surface area contributed by atoms with Crippen LogP contribution in [0.4, 0.5) is 4.39 Å². The third-order valence-electron chi connectivity index (χ3n) is 3.17. The van der Waals surface area contributed by atoms with E-state index in [4.69, 9.17) is 10.5 Å². The summed E-state index contributed by atoms with van der Waals surface area (Å²) < 4.78 is 18.3. The summed E-state index contributed by atoms with van der Waals surface area (Å²) in [7, 11) is 0. The number of nitrogens with one attached hydrogen (secondary N) is 1. The summed E-state index contributed by atoms with van der Waals surface area (Å²) in [5.74, 6) is 0.148. The van der Waals surface area contributed by atoms with Crippen LogP contribution in [0.1, 0.15) is 39.0 Å². The number of rotatable bonds is 10. The number of unbranched alkanes of at least 4 members (excludes halogenated alkanes) is 1. The summed E-state index contributed by atoms with van der Waals surface area (Å²) in [5, 5.41) is 2.93. The summed E-state index contributed by atoms with van der Waals surface area (Å²) in [5.41, 5.74) is 5.63. The number of ether oxygens (including phenoxy) is 1. The minimum Gasteiger partial charge on any atom is -0.493 e.